The zero-order chi connectivity index (χ0) is 18.6. The maximum atomic E-state index is 12.6. The molecule has 0 radical (unpaired) electrons. The molecule has 2 rings (SSSR count). The van der Waals surface area contributed by atoms with Crippen molar-refractivity contribution in [2.24, 2.45) is 0 Å². The summed E-state index contributed by atoms with van der Waals surface area (Å²) in [6.07, 6.45) is 1.29. The predicted molar refractivity (Wildman–Crippen MR) is 96.6 cm³/mol. The number of anilines is 1. The van der Waals surface area contributed by atoms with Crippen LogP contribution < -0.4 is 10.1 Å². The second-order valence-corrected chi connectivity index (χ2v) is 6.49. The molecule has 25 heavy (non-hydrogen) atoms. The highest BCUT2D eigenvalue weighted by Gasteiger charge is 2.27. The van der Waals surface area contributed by atoms with Crippen LogP contribution in [0.4, 0.5) is 5.69 Å². The van der Waals surface area contributed by atoms with E-state index in [-0.39, 0.29) is 23.7 Å². The highest BCUT2D eigenvalue weighted by atomic mass is 35.5. The van der Waals surface area contributed by atoms with Crippen LogP contribution in [0.3, 0.4) is 0 Å². The Labute approximate surface area is 153 Å². The molecule has 0 aliphatic carbocycles. The van der Waals surface area contributed by atoms with Crippen LogP contribution in [-0.2, 0) is 9.53 Å². The van der Waals surface area contributed by atoms with Crippen molar-refractivity contribution in [1.29, 1.82) is 5.26 Å². The van der Waals surface area contributed by atoms with Crippen molar-refractivity contribution < 1.29 is 14.3 Å². The van der Waals surface area contributed by atoms with Gasteiger partial charge in [0, 0.05) is 30.4 Å². The first kappa shape index (κ1) is 19.1. The van der Waals surface area contributed by atoms with Gasteiger partial charge in [0.1, 0.15) is 17.4 Å². The number of nitriles is 1. The molecular weight excluding hydrogens is 342 g/mol. The largest absolute Gasteiger partial charge is 0.495 e. The number of ether oxygens (including phenoxy) is 2. The van der Waals surface area contributed by atoms with Crippen LogP contribution in [0.25, 0.3) is 0 Å². The molecule has 6 nitrogen and oxygen atoms in total. The lowest BCUT2D eigenvalue weighted by atomic mass is 10.2. The second kappa shape index (κ2) is 8.24. The van der Waals surface area contributed by atoms with Gasteiger partial charge in [0.05, 0.1) is 25.0 Å². The van der Waals surface area contributed by atoms with Crippen molar-refractivity contribution in [2.75, 3.05) is 25.5 Å². The average molecular weight is 364 g/mol. The summed E-state index contributed by atoms with van der Waals surface area (Å²) >= 11 is 6.09. The Kier molecular flexibility index (Phi) is 6.29. The van der Waals surface area contributed by atoms with E-state index in [1.54, 1.807) is 17.0 Å². The first-order valence-corrected chi connectivity index (χ1v) is 8.39. The molecule has 1 amide bonds. The van der Waals surface area contributed by atoms with E-state index in [2.05, 4.69) is 5.32 Å². The zero-order valence-electron chi connectivity index (χ0n) is 14.8. The standard InChI is InChI=1S/C18H22ClN3O3/c1-11-5-16(17(24-4)6-15(11)19)21-8-14(7-20)18(23)22-9-12(2)25-13(3)10-22/h5-6,8,12-13,21H,9-10H2,1-4H3/b14-8-. The topological polar surface area (TPSA) is 74.6 Å². The number of hydrogen-bond donors (Lipinski definition) is 1. The smallest absolute Gasteiger partial charge is 0.266 e. The van der Waals surface area contributed by atoms with Gasteiger partial charge in [0.15, 0.2) is 0 Å². The number of nitrogens with zero attached hydrogens (tertiary/aromatic N) is 2. The van der Waals surface area contributed by atoms with Gasteiger partial charge in [-0.25, -0.2) is 0 Å². The minimum absolute atomic E-state index is 0.0240. The van der Waals surface area contributed by atoms with Crippen LogP contribution in [0, 0.1) is 18.3 Å². The highest BCUT2D eigenvalue weighted by Crippen LogP contribution is 2.31. The first-order chi connectivity index (χ1) is 11.8. The second-order valence-electron chi connectivity index (χ2n) is 6.08. The molecule has 0 aromatic heterocycles. The fraction of sp³-hybridized carbons (Fsp3) is 0.444. The molecule has 0 bridgehead atoms. The molecule has 1 fully saturated rings. The summed E-state index contributed by atoms with van der Waals surface area (Å²) in [7, 11) is 1.53. The molecule has 1 aromatic rings. The van der Waals surface area contributed by atoms with Gasteiger partial charge in [0.25, 0.3) is 5.91 Å². The molecule has 2 atom stereocenters. The predicted octanol–water partition coefficient (Wildman–Crippen LogP) is 3.11. The molecule has 0 saturated carbocycles. The molecule has 7 heteroatoms. The van der Waals surface area contributed by atoms with Gasteiger partial charge >= 0.3 is 0 Å². The van der Waals surface area contributed by atoms with E-state index < -0.39 is 0 Å². The normalized spacial score (nSPS) is 20.8. The Bertz CT molecular complexity index is 717. The SMILES string of the molecule is COc1cc(Cl)c(C)cc1N/C=C(/C#N)C(=O)N1CC(C)OC(C)C1. The third-order valence-corrected chi connectivity index (χ3v) is 4.32. The van der Waals surface area contributed by atoms with Crippen LogP contribution in [0.15, 0.2) is 23.9 Å². The third-order valence-electron chi connectivity index (χ3n) is 3.91. The maximum Gasteiger partial charge on any atom is 0.266 e. The highest BCUT2D eigenvalue weighted by molar-refractivity contribution is 6.31. The zero-order valence-corrected chi connectivity index (χ0v) is 15.6. The minimum Gasteiger partial charge on any atom is -0.495 e. The first-order valence-electron chi connectivity index (χ1n) is 8.01. The lowest BCUT2D eigenvalue weighted by Crippen LogP contribution is -2.48. The molecular formula is C18H22ClN3O3. The fourth-order valence-corrected chi connectivity index (χ4v) is 2.90. The summed E-state index contributed by atoms with van der Waals surface area (Å²) < 4.78 is 10.9. The number of aryl methyl sites for hydroxylation is 1. The van der Waals surface area contributed by atoms with Gasteiger partial charge < -0.3 is 19.7 Å². The van der Waals surface area contributed by atoms with Crippen LogP contribution in [0.5, 0.6) is 5.75 Å². The van der Waals surface area contributed by atoms with E-state index in [0.717, 1.165) is 5.56 Å². The van der Waals surface area contributed by atoms with Crippen molar-refractivity contribution in [3.05, 3.63) is 34.5 Å². The molecule has 1 aliphatic rings. The Hall–Kier alpha value is -2.23. The van der Waals surface area contributed by atoms with E-state index in [1.165, 1.54) is 13.3 Å². The van der Waals surface area contributed by atoms with E-state index in [9.17, 15) is 10.1 Å². The molecule has 1 heterocycles. The van der Waals surface area contributed by atoms with Crippen molar-refractivity contribution in [1.82, 2.24) is 4.90 Å². The van der Waals surface area contributed by atoms with Crippen LogP contribution in [0.1, 0.15) is 19.4 Å². The minimum atomic E-state index is -0.318. The quantitative estimate of drug-likeness (QED) is 0.657. The average Bonchev–Trinajstić information content (AvgIpc) is 2.57. The summed E-state index contributed by atoms with van der Waals surface area (Å²) in [6.45, 7) is 6.61. The summed E-state index contributed by atoms with van der Waals surface area (Å²) in [4.78, 5) is 14.2. The number of morpholine rings is 1. The molecule has 1 aliphatic heterocycles. The summed E-state index contributed by atoms with van der Waals surface area (Å²) in [6, 6.07) is 5.45. The molecule has 1 N–H and O–H groups in total. The Morgan fingerprint density at radius 3 is 2.64 bits per heavy atom. The van der Waals surface area contributed by atoms with E-state index >= 15 is 0 Å². The van der Waals surface area contributed by atoms with Gasteiger partial charge in [-0.05, 0) is 32.4 Å². The Morgan fingerprint density at radius 2 is 2.08 bits per heavy atom. The van der Waals surface area contributed by atoms with E-state index in [4.69, 9.17) is 21.1 Å². The number of rotatable bonds is 4. The summed E-state index contributed by atoms with van der Waals surface area (Å²) in [5, 5.41) is 12.9. The van der Waals surface area contributed by atoms with Crippen molar-refractivity contribution >= 4 is 23.2 Å². The fourth-order valence-electron chi connectivity index (χ4n) is 2.75. The summed E-state index contributed by atoms with van der Waals surface area (Å²) in [5.41, 5.74) is 1.52. The van der Waals surface area contributed by atoms with Crippen molar-refractivity contribution in [2.45, 2.75) is 33.0 Å². The number of carbonyl (C=O) groups is 1. The number of amides is 1. The molecule has 0 spiro atoms. The monoisotopic (exact) mass is 363 g/mol. The van der Waals surface area contributed by atoms with Crippen molar-refractivity contribution in [3.8, 4) is 11.8 Å². The molecule has 134 valence electrons. The number of benzene rings is 1. The number of hydrogen-bond acceptors (Lipinski definition) is 5. The van der Waals surface area contributed by atoms with Crippen LogP contribution in [-0.4, -0.2) is 43.2 Å². The molecule has 1 aromatic carbocycles. The van der Waals surface area contributed by atoms with Gasteiger partial charge in [-0.15, -0.1) is 0 Å². The lowest BCUT2D eigenvalue weighted by molar-refractivity contribution is -0.138. The molecule has 2 unspecified atom stereocenters. The Morgan fingerprint density at radius 1 is 1.44 bits per heavy atom. The van der Waals surface area contributed by atoms with Crippen LogP contribution >= 0.6 is 11.6 Å². The summed E-state index contributed by atoms with van der Waals surface area (Å²) in [5.74, 6) is 0.215. The Balaban J connectivity index is 2.19. The van der Waals surface area contributed by atoms with Gasteiger partial charge in [-0.2, -0.15) is 5.26 Å². The number of methoxy groups -OCH3 is 1. The molecule has 1 saturated heterocycles. The van der Waals surface area contributed by atoms with E-state index in [0.29, 0.717) is 29.5 Å². The van der Waals surface area contributed by atoms with Gasteiger partial charge in [0.2, 0.25) is 0 Å². The van der Waals surface area contributed by atoms with E-state index in [1.807, 2.05) is 26.8 Å². The number of halogens is 1. The van der Waals surface area contributed by atoms with Crippen molar-refractivity contribution in [3.63, 3.8) is 0 Å². The van der Waals surface area contributed by atoms with Crippen LogP contribution in [0.2, 0.25) is 5.02 Å². The maximum absolute atomic E-state index is 12.6. The number of carbonyl (C=O) groups excluding carboxylic acids is 1. The van der Waals surface area contributed by atoms with Gasteiger partial charge in [-0.3, -0.25) is 4.79 Å². The van der Waals surface area contributed by atoms with Gasteiger partial charge in [-0.1, -0.05) is 11.6 Å². The lowest BCUT2D eigenvalue weighted by Gasteiger charge is -2.35. The number of nitrogens with one attached hydrogen (secondary N) is 1. The third kappa shape index (κ3) is 4.65.